The van der Waals surface area contributed by atoms with Crippen molar-refractivity contribution in [3.63, 3.8) is 0 Å². The van der Waals surface area contributed by atoms with Crippen molar-refractivity contribution < 1.29 is 4.74 Å². The summed E-state index contributed by atoms with van der Waals surface area (Å²) in [4.78, 5) is 4.41. The Labute approximate surface area is 110 Å². The average molecular weight is 251 g/mol. The lowest BCUT2D eigenvalue weighted by atomic mass is 10.0. The number of pyridine rings is 1. The summed E-state index contributed by atoms with van der Waals surface area (Å²) in [6.45, 7) is 9.28. The highest BCUT2D eigenvalue weighted by Crippen LogP contribution is 2.22. The molecular weight excluding hydrogens is 226 g/mol. The van der Waals surface area contributed by atoms with Gasteiger partial charge in [-0.1, -0.05) is 27.2 Å². The van der Waals surface area contributed by atoms with Gasteiger partial charge in [-0.3, -0.25) is 0 Å². The summed E-state index contributed by atoms with van der Waals surface area (Å²) in [5.41, 5.74) is 6.42. The molecule has 0 bridgehead atoms. The van der Waals surface area contributed by atoms with E-state index < -0.39 is 0 Å². The summed E-state index contributed by atoms with van der Waals surface area (Å²) < 4.78 is 5.52. The number of anilines is 2. The molecule has 0 aliphatic rings. The minimum Gasteiger partial charge on any atom is -0.476 e. The molecule has 0 aliphatic heterocycles. The molecule has 0 aliphatic carbocycles. The van der Waals surface area contributed by atoms with Crippen LogP contribution in [0.25, 0.3) is 0 Å². The second kappa shape index (κ2) is 7.09. The predicted octanol–water partition coefficient (Wildman–Crippen LogP) is 3.30. The monoisotopic (exact) mass is 251 g/mol. The van der Waals surface area contributed by atoms with Crippen LogP contribution in [0.15, 0.2) is 12.1 Å². The van der Waals surface area contributed by atoms with Crippen LogP contribution in [0.5, 0.6) is 5.88 Å². The summed E-state index contributed by atoms with van der Waals surface area (Å²) in [7, 11) is 0. The predicted molar refractivity (Wildman–Crippen MR) is 77.0 cm³/mol. The highest BCUT2D eigenvalue weighted by molar-refractivity contribution is 5.53. The Morgan fingerprint density at radius 3 is 2.67 bits per heavy atom. The molecule has 1 aromatic rings. The maximum Gasteiger partial charge on any atom is 0.239 e. The quantitative estimate of drug-likeness (QED) is 0.780. The van der Waals surface area contributed by atoms with Crippen molar-refractivity contribution in [2.75, 3.05) is 17.7 Å². The topological polar surface area (TPSA) is 60.2 Å². The van der Waals surface area contributed by atoms with Crippen LogP contribution in [0.2, 0.25) is 0 Å². The van der Waals surface area contributed by atoms with Gasteiger partial charge >= 0.3 is 0 Å². The zero-order chi connectivity index (χ0) is 13.5. The van der Waals surface area contributed by atoms with Crippen molar-refractivity contribution in [2.45, 2.75) is 46.6 Å². The van der Waals surface area contributed by atoms with E-state index in [1.807, 2.05) is 12.1 Å². The van der Waals surface area contributed by atoms with Crippen molar-refractivity contribution >= 4 is 11.5 Å². The van der Waals surface area contributed by atoms with Crippen molar-refractivity contribution in [3.8, 4) is 5.88 Å². The number of hydrogen-bond acceptors (Lipinski definition) is 4. The van der Waals surface area contributed by atoms with Gasteiger partial charge in [-0.2, -0.15) is 4.98 Å². The normalized spacial score (nSPS) is 14.0. The Balaban J connectivity index is 2.72. The summed E-state index contributed by atoms with van der Waals surface area (Å²) >= 11 is 0. The van der Waals surface area contributed by atoms with Gasteiger partial charge in [0.15, 0.2) is 0 Å². The number of nitrogens with two attached hydrogens (primary N) is 1. The smallest absolute Gasteiger partial charge is 0.239 e. The average Bonchev–Trinajstić information content (AvgIpc) is 2.38. The van der Waals surface area contributed by atoms with Crippen LogP contribution in [-0.4, -0.2) is 17.6 Å². The molecule has 4 nitrogen and oxygen atoms in total. The van der Waals surface area contributed by atoms with E-state index >= 15 is 0 Å². The molecular formula is C14H25N3O. The van der Waals surface area contributed by atoms with E-state index in [1.165, 1.54) is 0 Å². The molecule has 0 radical (unpaired) electrons. The van der Waals surface area contributed by atoms with Crippen LogP contribution < -0.4 is 15.8 Å². The van der Waals surface area contributed by atoms with Crippen molar-refractivity contribution in [2.24, 2.45) is 5.92 Å². The van der Waals surface area contributed by atoms with Gasteiger partial charge in [0.05, 0.1) is 12.3 Å². The van der Waals surface area contributed by atoms with Crippen LogP contribution >= 0.6 is 0 Å². The van der Waals surface area contributed by atoms with Crippen molar-refractivity contribution in [1.29, 1.82) is 0 Å². The molecule has 2 atom stereocenters. The second-order valence-electron chi connectivity index (χ2n) is 4.76. The lowest BCUT2D eigenvalue weighted by Crippen LogP contribution is -2.23. The van der Waals surface area contributed by atoms with E-state index in [2.05, 4.69) is 38.0 Å². The lowest BCUT2D eigenvalue weighted by Gasteiger charge is -2.21. The number of nitrogens with zero attached hydrogens (tertiary/aromatic N) is 1. The number of ether oxygens (including phenoxy) is 1. The molecule has 0 fully saturated rings. The van der Waals surface area contributed by atoms with E-state index in [1.54, 1.807) is 0 Å². The first-order chi connectivity index (χ1) is 8.58. The zero-order valence-electron chi connectivity index (χ0n) is 11.9. The van der Waals surface area contributed by atoms with Crippen molar-refractivity contribution in [1.82, 2.24) is 4.98 Å². The van der Waals surface area contributed by atoms with Crippen LogP contribution in [-0.2, 0) is 0 Å². The third-order valence-electron chi connectivity index (χ3n) is 3.21. The van der Waals surface area contributed by atoms with Gasteiger partial charge in [-0.05, 0) is 31.4 Å². The molecule has 102 valence electrons. The fraction of sp³-hybridized carbons (Fsp3) is 0.643. The van der Waals surface area contributed by atoms with Crippen LogP contribution in [0.1, 0.15) is 40.5 Å². The molecule has 1 heterocycles. The Hall–Kier alpha value is -1.45. The van der Waals surface area contributed by atoms with Crippen LogP contribution in [0.3, 0.4) is 0 Å². The number of nitrogen functional groups attached to an aromatic ring is 1. The Morgan fingerprint density at radius 1 is 1.33 bits per heavy atom. The van der Waals surface area contributed by atoms with E-state index in [9.17, 15) is 0 Å². The molecule has 0 saturated carbocycles. The summed E-state index contributed by atoms with van der Waals surface area (Å²) in [6, 6.07) is 4.11. The molecule has 4 heteroatoms. The van der Waals surface area contributed by atoms with E-state index in [0.29, 0.717) is 30.1 Å². The standard InChI is InChI=1S/C14H25N3O/c1-5-9-18-14-12(15)7-8-13(17-14)16-11(4)10(3)6-2/h7-8,10-11H,5-6,9,15H2,1-4H3,(H,16,17). The first kappa shape index (κ1) is 14.6. The number of rotatable bonds is 7. The van der Waals surface area contributed by atoms with E-state index in [4.69, 9.17) is 10.5 Å². The van der Waals surface area contributed by atoms with Gasteiger partial charge < -0.3 is 15.8 Å². The maximum atomic E-state index is 5.83. The van der Waals surface area contributed by atoms with Gasteiger partial charge in [0.2, 0.25) is 5.88 Å². The number of aromatic nitrogens is 1. The molecule has 3 N–H and O–H groups in total. The highest BCUT2D eigenvalue weighted by Gasteiger charge is 2.11. The van der Waals surface area contributed by atoms with Gasteiger partial charge in [0.1, 0.15) is 5.82 Å². The number of hydrogen-bond donors (Lipinski definition) is 2. The minimum atomic E-state index is 0.380. The molecule has 0 saturated heterocycles. The van der Waals surface area contributed by atoms with Crippen molar-refractivity contribution in [3.05, 3.63) is 12.1 Å². The zero-order valence-corrected chi connectivity index (χ0v) is 11.9. The molecule has 1 rings (SSSR count). The Bertz CT molecular complexity index is 368. The van der Waals surface area contributed by atoms with Gasteiger partial charge in [-0.25, -0.2) is 0 Å². The fourth-order valence-corrected chi connectivity index (χ4v) is 1.58. The molecule has 1 aromatic heterocycles. The SMILES string of the molecule is CCCOc1nc(NC(C)C(C)CC)ccc1N. The maximum absolute atomic E-state index is 5.83. The molecule has 0 aromatic carbocycles. The number of nitrogens with one attached hydrogen (secondary N) is 1. The Kier molecular flexibility index (Phi) is 5.75. The molecule has 2 unspecified atom stereocenters. The third kappa shape index (κ3) is 4.09. The van der Waals surface area contributed by atoms with E-state index in [-0.39, 0.29) is 0 Å². The molecule has 0 spiro atoms. The first-order valence-electron chi connectivity index (χ1n) is 6.74. The second-order valence-corrected chi connectivity index (χ2v) is 4.76. The van der Waals surface area contributed by atoms with Crippen LogP contribution in [0, 0.1) is 5.92 Å². The summed E-state index contributed by atoms with van der Waals surface area (Å²) in [5, 5.41) is 3.39. The van der Waals surface area contributed by atoms with Gasteiger partial charge in [0.25, 0.3) is 0 Å². The third-order valence-corrected chi connectivity index (χ3v) is 3.21. The largest absolute Gasteiger partial charge is 0.476 e. The first-order valence-corrected chi connectivity index (χ1v) is 6.74. The minimum absolute atomic E-state index is 0.380. The molecule has 0 amide bonds. The van der Waals surface area contributed by atoms with Gasteiger partial charge in [-0.15, -0.1) is 0 Å². The van der Waals surface area contributed by atoms with Crippen LogP contribution in [0.4, 0.5) is 11.5 Å². The van der Waals surface area contributed by atoms with Gasteiger partial charge in [0, 0.05) is 6.04 Å². The fourth-order valence-electron chi connectivity index (χ4n) is 1.58. The molecule has 18 heavy (non-hydrogen) atoms. The summed E-state index contributed by atoms with van der Waals surface area (Å²) in [6.07, 6.45) is 2.09. The summed E-state index contributed by atoms with van der Waals surface area (Å²) in [5.74, 6) is 1.95. The van der Waals surface area contributed by atoms with E-state index in [0.717, 1.165) is 18.7 Å². The Morgan fingerprint density at radius 2 is 2.06 bits per heavy atom. The highest BCUT2D eigenvalue weighted by atomic mass is 16.5. The lowest BCUT2D eigenvalue weighted by molar-refractivity contribution is 0.307.